The summed E-state index contributed by atoms with van der Waals surface area (Å²) in [6, 6.07) is 2.00. The van der Waals surface area contributed by atoms with Crippen LogP contribution in [-0.4, -0.2) is 18.4 Å². The van der Waals surface area contributed by atoms with Gasteiger partial charge in [-0.15, -0.1) is 0 Å². The summed E-state index contributed by atoms with van der Waals surface area (Å²) in [5, 5.41) is 8.53. The van der Waals surface area contributed by atoms with Crippen LogP contribution in [0, 0.1) is 23.2 Å². The third-order valence-electron chi connectivity index (χ3n) is 2.31. The van der Waals surface area contributed by atoms with Gasteiger partial charge in [0.15, 0.2) is 0 Å². The molecule has 2 unspecified atom stereocenters. The van der Waals surface area contributed by atoms with Gasteiger partial charge in [0.1, 0.15) is 5.78 Å². The van der Waals surface area contributed by atoms with E-state index in [1.54, 1.807) is 13.8 Å². The molecule has 0 aromatic heterocycles. The molecule has 4 nitrogen and oxygen atoms in total. The Morgan fingerprint density at radius 2 is 2.07 bits per heavy atom. The summed E-state index contributed by atoms with van der Waals surface area (Å²) in [6.07, 6.45) is 0.357. The fourth-order valence-corrected chi connectivity index (χ4v) is 1.43. The van der Waals surface area contributed by atoms with Gasteiger partial charge in [0.2, 0.25) is 0 Å². The third kappa shape index (κ3) is 5.16. The second-order valence-corrected chi connectivity index (χ2v) is 3.57. The van der Waals surface area contributed by atoms with Gasteiger partial charge >= 0.3 is 5.97 Å². The molecule has 0 radical (unpaired) electrons. The van der Waals surface area contributed by atoms with Crippen LogP contribution in [0.15, 0.2) is 0 Å². The summed E-state index contributed by atoms with van der Waals surface area (Å²) in [4.78, 5) is 22.5. The molecule has 0 aliphatic carbocycles. The first kappa shape index (κ1) is 13.6. The number of carbonyl (C=O) groups excluding carboxylic acids is 2. The highest BCUT2D eigenvalue weighted by atomic mass is 16.5. The molecule has 0 bridgehead atoms. The maximum atomic E-state index is 11.3. The predicted octanol–water partition coefficient (Wildman–Crippen LogP) is 1.69. The number of hydrogen-bond acceptors (Lipinski definition) is 4. The van der Waals surface area contributed by atoms with Crippen molar-refractivity contribution in [1.29, 1.82) is 5.26 Å². The van der Waals surface area contributed by atoms with Crippen molar-refractivity contribution in [2.45, 2.75) is 33.6 Å². The number of ether oxygens (including phenoxy) is 1. The molecule has 0 heterocycles. The Morgan fingerprint density at radius 3 is 2.47 bits per heavy atom. The number of rotatable bonds is 6. The summed E-state index contributed by atoms with van der Waals surface area (Å²) in [5.74, 6) is -0.936. The first-order valence-corrected chi connectivity index (χ1v) is 5.05. The average molecular weight is 211 g/mol. The van der Waals surface area contributed by atoms with E-state index in [1.807, 2.05) is 6.07 Å². The Balaban J connectivity index is 4.35. The zero-order valence-corrected chi connectivity index (χ0v) is 9.45. The molecule has 0 aliphatic heterocycles. The molecule has 2 atom stereocenters. The first-order chi connectivity index (χ1) is 7.02. The summed E-state index contributed by atoms with van der Waals surface area (Å²) in [6.45, 7) is 5.28. The second kappa shape index (κ2) is 6.99. The third-order valence-corrected chi connectivity index (χ3v) is 2.31. The Labute approximate surface area is 90.2 Å². The summed E-state index contributed by atoms with van der Waals surface area (Å²) >= 11 is 0. The fourth-order valence-electron chi connectivity index (χ4n) is 1.43. The average Bonchev–Trinajstić information content (AvgIpc) is 2.14. The molecule has 0 spiro atoms. The lowest BCUT2D eigenvalue weighted by Crippen LogP contribution is -2.24. The Bertz CT molecular complexity index is 267. The number of nitrogens with zero attached hydrogens (tertiary/aromatic N) is 1. The van der Waals surface area contributed by atoms with Gasteiger partial charge < -0.3 is 4.74 Å². The minimum absolute atomic E-state index is 0.0641. The van der Waals surface area contributed by atoms with E-state index in [9.17, 15) is 9.59 Å². The SMILES string of the molecule is CCOC(=O)CC(C(C)=O)C(C)CC#N. The van der Waals surface area contributed by atoms with Gasteiger partial charge in [-0.05, 0) is 19.8 Å². The highest BCUT2D eigenvalue weighted by Crippen LogP contribution is 2.20. The summed E-state index contributed by atoms with van der Waals surface area (Å²) in [5.41, 5.74) is 0. The lowest BCUT2D eigenvalue weighted by Gasteiger charge is -2.17. The maximum absolute atomic E-state index is 11.3. The molecule has 0 saturated carbocycles. The Kier molecular flexibility index (Phi) is 6.35. The number of carbonyl (C=O) groups is 2. The molecule has 0 rings (SSSR count). The van der Waals surface area contributed by atoms with Crippen LogP contribution in [-0.2, 0) is 14.3 Å². The van der Waals surface area contributed by atoms with Crippen LogP contribution in [0.1, 0.15) is 33.6 Å². The summed E-state index contributed by atoms with van der Waals surface area (Å²) < 4.78 is 4.78. The number of esters is 1. The van der Waals surface area contributed by atoms with Crippen molar-refractivity contribution < 1.29 is 14.3 Å². The highest BCUT2D eigenvalue weighted by Gasteiger charge is 2.25. The van der Waals surface area contributed by atoms with Crippen molar-refractivity contribution in [3.8, 4) is 6.07 Å². The van der Waals surface area contributed by atoms with Gasteiger partial charge in [-0.1, -0.05) is 6.92 Å². The minimum atomic E-state index is -0.399. The quantitative estimate of drug-likeness (QED) is 0.627. The van der Waals surface area contributed by atoms with Gasteiger partial charge in [0, 0.05) is 12.3 Å². The zero-order chi connectivity index (χ0) is 11.8. The number of ketones is 1. The van der Waals surface area contributed by atoms with E-state index in [0.29, 0.717) is 6.61 Å². The molecule has 4 heteroatoms. The molecular weight excluding hydrogens is 194 g/mol. The van der Waals surface area contributed by atoms with Crippen molar-refractivity contribution in [1.82, 2.24) is 0 Å². The molecule has 0 aromatic carbocycles. The lowest BCUT2D eigenvalue weighted by molar-refractivity contribution is -0.146. The van der Waals surface area contributed by atoms with Crippen LogP contribution < -0.4 is 0 Å². The maximum Gasteiger partial charge on any atom is 0.306 e. The van der Waals surface area contributed by atoms with Crippen LogP contribution in [0.25, 0.3) is 0 Å². The van der Waals surface area contributed by atoms with Crippen molar-refractivity contribution in [2.24, 2.45) is 11.8 Å². The van der Waals surface area contributed by atoms with E-state index in [2.05, 4.69) is 0 Å². The molecule has 0 aliphatic rings. The van der Waals surface area contributed by atoms with E-state index >= 15 is 0 Å². The fraction of sp³-hybridized carbons (Fsp3) is 0.727. The van der Waals surface area contributed by atoms with Gasteiger partial charge in [0.25, 0.3) is 0 Å². The topological polar surface area (TPSA) is 67.2 Å². The van der Waals surface area contributed by atoms with Gasteiger partial charge in [0.05, 0.1) is 19.1 Å². The number of Topliss-reactive ketones (excluding diaryl/α,β-unsaturated/α-hetero) is 1. The second-order valence-electron chi connectivity index (χ2n) is 3.57. The van der Waals surface area contributed by atoms with E-state index in [-0.39, 0.29) is 30.5 Å². The molecule has 0 saturated heterocycles. The normalized spacial score (nSPS) is 13.7. The van der Waals surface area contributed by atoms with E-state index in [1.165, 1.54) is 6.92 Å². The molecular formula is C11H17NO3. The monoisotopic (exact) mass is 211 g/mol. The molecule has 0 fully saturated rings. The van der Waals surface area contributed by atoms with Crippen LogP contribution >= 0.6 is 0 Å². The molecule has 0 amide bonds. The highest BCUT2D eigenvalue weighted by molar-refractivity contribution is 5.83. The number of hydrogen-bond donors (Lipinski definition) is 0. The summed E-state index contributed by atoms with van der Waals surface area (Å²) in [7, 11) is 0. The van der Waals surface area contributed by atoms with Crippen LogP contribution in [0.4, 0.5) is 0 Å². The van der Waals surface area contributed by atoms with Crippen LogP contribution in [0.3, 0.4) is 0 Å². The molecule has 84 valence electrons. The van der Waals surface area contributed by atoms with Crippen LogP contribution in [0.5, 0.6) is 0 Å². The Morgan fingerprint density at radius 1 is 1.47 bits per heavy atom. The molecule has 0 aromatic rings. The van der Waals surface area contributed by atoms with Crippen molar-refractivity contribution in [2.75, 3.05) is 6.61 Å². The van der Waals surface area contributed by atoms with Gasteiger partial charge in [-0.25, -0.2) is 0 Å². The Hall–Kier alpha value is -1.37. The lowest BCUT2D eigenvalue weighted by atomic mass is 9.86. The zero-order valence-electron chi connectivity index (χ0n) is 9.45. The molecule has 15 heavy (non-hydrogen) atoms. The van der Waals surface area contributed by atoms with Crippen molar-refractivity contribution in [3.63, 3.8) is 0 Å². The van der Waals surface area contributed by atoms with Crippen LogP contribution in [0.2, 0.25) is 0 Å². The van der Waals surface area contributed by atoms with Gasteiger partial charge in [-0.2, -0.15) is 5.26 Å². The predicted molar refractivity (Wildman–Crippen MR) is 54.8 cm³/mol. The van der Waals surface area contributed by atoms with Crippen molar-refractivity contribution in [3.05, 3.63) is 0 Å². The van der Waals surface area contributed by atoms with E-state index in [4.69, 9.17) is 10.00 Å². The minimum Gasteiger partial charge on any atom is -0.466 e. The standard InChI is InChI=1S/C11H17NO3/c1-4-15-11(14)7-10(9(3)13)8(2)5-6-12/h8,10H,4-5,7H2,1-3H3. The van der Waals surface area contributed by atoms with Gasteiger partial charge in [-0.3, -0.25) is 9.59 Å². The first-order valence-electron chi connectivity index (χ1n) is 5.05. The van der Waals surface area contributed by atoms with E-state index < -0.39 is 5.92 Å². The largest absolute Gasteiger partial charge is 0.466 e. The molecule has 0 N–H and O–H groups in total. The number of nitriles is 1. The van der Waals surface area contributed by atoms with E-state index in [0.717, 1.165) is 0 Å². The van der Waals surface area contributed by atoms with Crippen molar-refractivity contribution >= 4 is 11.8 Å². The smallest absolute Gasteiger partial charge is 0.306 e.